The first-order valence-electron chi connectivity index (χ1n) is 11.3. The summed E-state index contributed by atoms with van der Waals surface area (Å²) < 4.78 is 29.9. The zero-order valence-electron chi connectivity index (χ0n) is 19.6. The van der Waals surface area contributed by atoms with Gasteiger partial charge in [-0.25, -0.2) is 18.7 Å². The van der Waals surface area contributed by atoms with Gasteiger partial charge in [0, 0.05) is 68.5 Å². The molecule has 0 saturated carbocycles. The number of hydrogen-bond acceptors (Lipinski definition) is 6. The maximum absolute atomic E-state index is 14.7. The minimum Gasteiger partial charge on any atom is -0.352 e. The Labute approximate surface area is 211 Å². The summed E-state index contributed by atoms with van der Waals surface area (Å²) in [4.78, 5) is 29.9. The third-order valence-corrected chi connectivity index (χ3v) is 6.50. The number of aryl methyl sites for hydroxylation is 2. The predicted molar refractivity (Wildman–Crippen MR) is 132 cm³/mol. The lowest BCUT2D eigenvalue weighted by Crippen LogP contribution is -2.49. The quantitative estimate of drug-likeness (QED) is 0.411. The summed E-state index contributed by atoms with van der Waals surface area (Å²) >= 11 is 6.40. The number of amides is 1. The summed E-state index contributed by atoms with van der Waals surface area (Å²) in [5.74, 6) is -0.987. The highest BCUT2D eigenvalue weighted by Crippen LogP contribution is 2.35. The molecule has 0 spiro atoms. The van der Waals surface area contributed by atoms with E-state index in [1.54, 1.807) is 41.2 Å². The number of aromatic nitrogens is 5. The van der Waals surface area contributed by atoms with E-state index in [-0.39, 0.29) is 17.2 Å². The summed E-state index contributed by atoms with van der Waals surface area (Å²) in [5.41, 5.74) is 2.56. The van der Waals surface area contributed by atoms with Crippen molar-refractivity contribution in [2.45, 2.75) is 6.92 Å². The first-order chi connectivity index (χ1) is 17.3. The molecule has 0 atom stereocenters. The molecule has 36 heavy (non-hydrogen) atoms. The van der Waals surface area contributed by atoms with Gasteiger partial charge in [-0.05, 0) is 31.2 Å². The van der Waals surface area contributed by atoms with Crippen LogP contribution in [0.1, 0.15) is 16.2 Å². The van der Waals surface area contributed by atoms with Gasteiger partial charge in [-0.3, -0.25) is 14.5 Å². The fraction of sp³-hybridized carbons (Fsp3) is 0.240. The molecule has 4 heterocycles. The van der Waals surface area contributed by atoms with Crippen LogP contribution in [0.25, 0.3) is 22.5 Å². The lowest BCUT2D eigenvalue weighted by molar-refractivity contribution is 0.0739. The number of anilines is 1. The average Bonchev–Trinajstić information content (AvgIpc) is 3.22. The highest BCUT2D eigenvalue weighted by Gasteiger charge is 2.26. The first-order valence-corrected chi connectivity index (χ1v) is 11.7. The number of rotatable bonds is 4. The number of hydrogen-bond donors (Lipinski definition) is 0. The fourth-order valence-electron chi connectivity index (χ4n) is 4.13. The standard InChI is InChI=1S/C25H22ClF2N7O/c1-15-11-21(32-33(15)2)25(36)35-9-7-34(8-10-35)22-14-30-23(18-4-3-16(27)12-20(18)28)24(31-22)17-5-6-29-13-19(17)26/h3-6,11-14H,7-10H2,1-2H3. The third-order valence-electron chi connectivity index (χ3n) is 6.20. The van der Waals surface area contributed by atoms with E-state index in [1.807, 2.05) is 11.8 Å². The van der Waals surface area contributed by atoms with E-state index in [1.165, 1.54) is 18.3 Å². The van der Waals surface area contributed by atoms with E-state index in [9.17, 15) is 13.6 Å². The van der Waals surface area contributed by atoms with Gasteiger partial charge in [0.1, 0.15) is 23.1 Å². The van der Waals surface area contributed by atoms with Crippen molar-refractivity contribution >= 4 is 23.3 Å². The van der Waals surface area contributed by atoms with Crippen LogP contribution in [0.3, 0.4) is 0 Å². The van der Waals surface area contributed by atoms with E-state index in [0.717, 1.165) is 11.8 Å². The molecule has 184 valence electrons. The summed E-state index contributed by atoms with van der Waals surface area (Å²) in [6.45, 7) is 3.92. The highest BCUT2D eigenvalue weighted by molar-refractivity contribution is 6.33. The van der Waals surface area contributed by atoms with Gasteiger partial charge in [-0.2, -0.15) is 5.10 Å². The largest absolute Gasteiger partial charge is 0.352 e. The molecule has 1 saturated heterocycles. The number of nitrogens with zero attached hydrogens (tertiary/aromatic N) is 7. The SMILES string of the molecule is Cc1cc(C(=O)N2CCN(c3cnc(-c4ccc(F)cc4F)c(-c4ccncc4Cl)n3)CC2)nn1C. The van der Waals surface area contributed by atoms with Crippen LogP contribution in [0.5, 0.6) is 0 Å². The minimum absolute atomic E-state index is 0.111. The molecule has 1 aromatic carbocycles. The number of piperazine rings is 1. The van der Waals surface area contributed by atoms with Crippen molar-refractivity contribution < 1.29 is 13.6 Å². The van der Waals surface area contributed by atoms with Crippen LogP contribution in [-0.4, -0.2) is 61.7 Å². The van der Waals surface area contributed by atoms with Crippen molar-refractivity contribution in [2.24, 2.45) is 7.05 Å². The van der Waals surface area contributed by atoms with Gasteiger partial charge in [-0.1, -0.05) is 11.6 Å². The van der Waals surface area contributed by atoms with Gasteiger partial charge in [-0.15, -0.1) is 0 Å². The molecular formula is C25H22ClF2N7O. The van der Waals surface area contributed by atoms with E-state index >= 15 is 0 Å². The normalized spacial score (nSPS) is 13.8. The lowest BCUT2D eigenvalue weighted by atomic mass is 10.0. The van der Waals surface area contributed by atoms with Gasteiger partial charge in [0.2, 0.25) is 0 Å². The van der Waals surface area contributed by atoms with Gasteiger partial charge >= 0.3 is 0 Å². The van der Waals surface area contributed by atoms with Crippen LogP contribution < -0.4 is 4.90 Å². The second kappa shape index (κ2) is 9.62. The number of carbonyl (C=O) groups excluding carboxylic acids is 1. The Hall–Kier alpha value is -3.92. The third kappa shape index (κ3) is 4.51. The monoisotopic (exact) mass is 509 g/mol. The molecule has 8 nitrogen and oxygen atoms in total. The maximum Gasteiger partial charge on any atom is 0.274 e. The van der Waals surface area contributed by atoms with Crippen molar-refractivity contribution in [3.05, 3.63) is 77.0 Å². The number of halogens is 3. The zero-order valence-corrected chi connectivity index (χ0v) is 20.4. The van der Waals surface area contributed by atoms with E-state index in [2.05, 4.69) is 15.1 Å². The first kappa shape index (κ1) is 23.8. The Morgan fingerprint density at radius 1 is 1.00 bits per heavy atom. The molecule has 4 aromatic rings. The van der Waals surface area contributed by atoms with Crippen LogP contribution >= 0.6 is 11.6 Å². The molecule has 0 aliphatic carbocycles. The molecule has 1 amide bonds. The fourth-order valence-corrected chi connectivity index (χ4v) is 4.34. The molecule has 5 rings (SSSR count). The van der Waals surface area contributed by atoms with Crippen molar-refractivity contribution in [1.29, 1.82) is 0 Å². The van der Waals surface area contributed by atoms with Crippen LogP contribution in [0.15, 0.2) is 48.9 Å². The van der Waals surface area contributed by atoms with Crippen LogP contribution in [0, 0.1) is 18.6 Å². The second-order valence-corrected chi connectivity index (χ2v) is 8.89. The molecular weight excluding hydrogens is 488 g/mol. The molecule has 1 fully saturated rings. The Morgan fingerprint density at radius 2 is 1.78 bits per heavy atom. The van der Waals surface area contributed by atoms with Gasteiger partial charge in [0.25, 0.3) is 5.91 Å². The molecule has 1 aliphatic rings. The van der Waals surface area contributed by atoms with Crippen LogP contribution in [-0.2, 0) is 7.05 Å². The van der Waals surface area contributed by atoms with Gasteiger partial charge < -0.3 is 9.80 Å². The summed E-state index contributed by atoms with van der Waals surface area (Å²) in [5, 5.41) is 4.61. The van der Waals surface area contributed by atoms with Gasteiger partial charge in [0.05, 0.1) is 16.9 Å². The lowest BCUT2D eigenvalue weighted by Gasteiger charge is -2.35. The molecule has 0 unspecified atom stereocenters. The molecule has 11 heteroatoms. The number of pyridine rings is 1. The zero-order chi connectivity index (χ0) is 25.4. The summed E-state index contributed by atoms with van der Waals surface area (Å²) in [6.07, 6.45) is 4.58. The minimum atomic E-state index is -0.750. The summed E-state index contributed by atoms with van der Waals surface area (Å²) in [7, 11) is 1.80. The molecule has 0 bridgehead atoms. The predicted octanol–water partition coefficient (Wildman–Crippen LogP) is 4.14. The average molecular weight is 510 g/mol. The second-order valence-electron chi connectivity index (χ2n) is 8.48. The van der Waals surface area contributed by atoms with Crippen molar-refractivity contribution in [2.75, 3.05) is 31.1 Å². The Morgan fingerprint density at radius 3 is 2.44 bits per heavy atom. The Balaban J connectivity index is 1.44. The van der Waals surface area contributed by atoms with Crippen LogP contribution in [0.2, 0.25) is 5.02 Å². The van der Waals surface area contributed by atoms with Crippen LogP contribution in [0.4, 0.5) is 14.6 Å². The smallest absolute Gasteiger partial charge is 0.274 e. The maximum atomic E-state index is 14.7. The summed E-state index contributed by atoms with van der Waals surface area (Å²) in [6, 6.07) is 6.76. The van der Waals surface area contributed by atoms with Crippen molar-refractivity contribution in [3.8, 4) is 22.5 Å². The molecule has 3 aromatic heterocycles. The van der Waals surface area contributed by atoms with Crippen molar-refractivity contribution in [1.82, 2.24) is 29.6 Å². The molecule has 0 radical (unpaired) electrons. The van der Waals surface area contributed by atoms with E-state index in [0.29, 0.717) is 54.0 Å². The topological polar surface area (TPSA) is 80.0 Å². The number of carbonyl (C=O) groups is 1. The molecule has 0 N–H and O–H groups in total. The Kier molecular flexibility index (Phi) is 6.36. The van der Waals surface area contributed by atoms with Crippen molar-refractivity contribution in [3.63, 3.8) is 0 Å². The highest BCUT2D eigenvalue weighted by atomic mass is 35.5. The number of benzene rings is 1. The van der Waals surface area contributed by atoms with E-state index < -0.39 is 11.6 Å². The Bertz CT molecular complexity index is 1430. The molecule has 1 aliphatic heterocycles. The van der Waals surface area contributed by atoms with E-state index in [4.69, 9.17) is 16.6 Å². The van der Waals surface area contributed by atoms with Gasteiger partial charge in [0.15, 0.2) is 5.69 Å².